The lowest BCUT2D eigenvalue weighted by atomic mass is 10.1. The standard InChI is InChI=1S/C17H15F2N3O3/c1-3-6-22-15-13(16(24)21(2)17(22)25)14(23)12(20-15)8-9-4-5-10(18)11(19)7-9/h4-5,7-8,20H,3,6H2,1-2H3/b12-8-. The molecule has 3 rings (SSSR count). The first-order valence-corrected chi connectivity index (χ1v) is 7.67. The van der Waals surface area contributed by atoms with Crippen molar-refractivity contribution in [2.45, 2.75) is 19.9 Å². The summed E-state index contributed by atoms with van der Waals surface area (Å²) in [5.74, 6) is -2.50. The number of fused-ring (bicyclic) bond motifs is 1. The third-order valence-electron chi connectivity index (χ3n) is 3.97. The number of nitrogens with zero attached hydrogens (tertiary/aromatic N) is 2. The van der Waals surface area contributed by atoms with E-state index in [1.807, 2.05) is 6.92 Å². The minimum atomic E-state index is -1.05. The summed E-state index contributed by atoms with van der Waals surface area (Å²) in [4.78, 5) is 37.1. The number of nitrogens with one attached hydrogen (secondary N) is 1. The lowest BCUT2D eigenvalue weighted by Crippen LogP contribution is -2.40. The maximum Gasteiger partial charge on any atom is 0.332 e. The van der Waals surface area contributed by atoms with Crippen LogP contribution in [0.15, 0.2) is 33.5 Å². The first-order valence-electron chi connectivity index (χ1n) is 7.67. The van der Waals surface area contributed by atoms with Gasteiger partial charge in [-0.15, -0.1) is 0 Å². The molecule has 0 bridgehead atoms. The molecule has 0 saturated carbocycles. The number of carbonyl (C=O) groups excluding carboxylic acids is 1. The van der Waals surface area contributed by atoms with Gasteiger partial charge in [0.2, 0.25) is 5.78 Å². The van der Waals surface area contributed by atoms with Crippen LogP contribution in [0.2, 0.25) is 0 Å². The van der Waals surface area contributed by atoms with Crippen LogP contribution in [-0.4, -0.2) is 14.9 Å². The number of rotatable bonds is 3. The molecule has 2 heterocycles. The van der Waals surface area contributed by atoms with Gasteiger partial charge in [-0.05, 0) is 30.2 Å². The van der Waals surface area contributed by atoms with Gasteiger partial charge in [0.1, 0.15) is 11.4 Å². The van der Waals surface area contributed by atoms with Gasteiger partial charge >= 0.3 is 5.69 Å². The van der Waals surface area contributed by atoms with Crippen LogP contribution < -0.4 is 16.6 Å². The summed E-state index contributed by atoms with van der Waals surface area (Å²) in [6, 6.07) is 3.19. The zero-order chi connectivity index (χ0) is 18.3. The van der Waals surface area contributed by atoms with Crippen LogP contribution in [-0.2, 0) is 13.6 Å². The van der Waals surface area contributed by atoms with Crippen molar-refractivity contribution in [2.24, 2.45) is 7.05 Å². The Morgan fingerprint density at radius 1 is 1.16 bits per heavy atom. The summed E-state index contributed by atoms with van der Waals surface area (Å²) >= 11 is 0. The number of halogens is 2. The second-order valence-electron chi connectivity index (χ2n) is 5.71. The normalized spacial score (nSPS) is 14.7. The van der Waals surface area contributed by atoms with Gasteiger partial charge in [0.05, 0.1) is 5.70 Å². The second-order valence-corrected chi connectivity index (χ2v) is 5.71. The molecule has 0 saturated heterocycles. The van der Waals surface area contributed by atoms with E-state index in [0.29, 0.717) is 13.0 Å². The fourth-order valence-electron chi connectivity index (χ4n) is 2.72. The largest absolute Gasteiger partial charge is 0.338 e. The molecule has 0 radical (unpaired) electrons. The quantitative estimate of drug-likeness (QED) is 0.861. The molecule has 0 aliphatic carbocycles. The minimum absolute atomic E-state index is 0.0218. The summed E-state index contributed by atoms with van der Waals surface area (Å²) < 4.78 is 28.6. The van der Waals surface area contributed by atoms with Gasteiger partial charge in [-0.25, -0.2) is 13.6 Å². The fourth-order valence-corrected chi connectivity index (χ4v) is 2.72. The first kappa shape index (κ1) is 16.8. The molecule has 1 aliphatic rings. The molecule has 130 valence electrons. The summed E-state index contributed by atoms with van der Waals surface area (Å²) in [5, 5.41) is 2.77. The molecule has 1 N–H and O–H groups in total. The first-order chi connectivity index (χ1) is 11.8. The van der Waals surface area contributed by atoms with Crippen LogP contribution in [0.1, 0.15) is 29.3 Å². The highest BCUT2D eigenvalue weighted by atomic mass is 19.2. The predicted molar refractivity (Wildman–Crippen MR) is 88.5 cm³/mol. The third-order valence-corrected chi connectivity index (χ3v) is 3.97. The molecule has 0 amide bonds. The van der Waals surface area contributed by atoms with Crippen LogP contribution in [0.3, 0.4) is 0 Å². The van der Waals surface area contributed by atoms with Crippen molar-refractivity contribution in [2.75, 3.05) is 5.32 Å². The monoisotopic (exact) mass is 347 g/mol. The van der Waals surface area contributed by atoms with Gasteiger partial charge < -0.3 is 5.32 Å². The van der Waals surface area contributed by atoms with E-state index in [9.17, 15) is 23.2 Å². The van der Waals surface area contributed by atoms with E-state index in [4.69, 9.17) is 0 Å². The van der Waals surface area contributed by atoms with Crippen molar-refractivity contribution in [1.82, 2.24) is 9.13 Å². The number of aromatic nitrogens is 2. The topological polar surface area (TPSA) is 73.1 Å². The molecule has 1 aromatic heterocycles. The van der Waals surface area contributed by atoms with Crippen molar-refractivity contribution in [3.8, 4) is 0 Å². The summed E-state index contributed by atoms with van der Waals surface area (Å²) in [5.41, 5.74) is -1.08. The van der Waals surface area contributed by atoms with Crippen LogP contribution in [0, 0.1) is 11.6 Å². The van der Waals surface area contributed by atoms with Crippen LogP contribution in [0.4, 0.5) is 14.6 Å². The number of allylic oxidation sites excluding steroid dienone is 1. The van der Waals surface area contributed by atoms with Gasteiger partial charge in [-0.1, -0.05) is 13.0 Å². The number of ketones is 1. The Bertz CT molecular complexity index is 1030. The van der Waals surface area contributed by atoms with E-state index in [0.717, 1.165) is 16.7 Å². The van der Waals surface area contributed by atoms with Crippen LogP contribution in [0.5, 0.6) is 0 Å². The minimum Gasteiger partial charge on any atom is -0.338 e. The lowest BCUT2D eigenvalue weighted by molar-refractivity contribution is 0.104. The Balaban J connectivity index is 2.15. The highest BCUT2D eigenvalue weighted by Crippen LogP contribution is 2.26. The smallest absolute Gasteiger partial charge is 0.332 e. The maximum atomic E-state index is 13.3. The summed E-state index contributed by atoms with van der Waals surface area (Å²) in [6.45, 7) is 2.19. The molecular weight excluding hydrogens is 332 g/mol. The lowest BCUT2D eigenvalue weighted by Gasteiger charge is -2.11. The molecule has 0 unspecified atom stereocenters. The number of hydrogen-bond donors (Lipinski definition) is 1. The fraction of sp³-hybridized carbons (Fsp3) is 0.235. The van der Waals surface area contributed by atoms with Gasteiger partial charge in [-0.3, -0.25) is 18.7 Å². The number of carbonyl (C=O) groups is 1. The number of hydrogen-bond acceptors (Lipinski definition) is 4. The van der Waals surface area contributed by atoms with E-state index in [-0.39, 0.29) is 22.6 Å². The SMILES string of the molecule is CCCn1c2c(c(=O)n(C)c1=O)C(=O)/C(=C/c1ccc(F)c(F)c1)N2. The zero-order valence-corrected chi connectivity index (χ0v) is 13.6. The Morgan fingerprint density at radius 3 is 2.52 bits per heavy atom. The van der Waals surface area contributed by atoms with Crippen molar-refractivity contribution < 1.29 is 13.6 Å². The molecule has 0 atom stereocenters. The van der Waals surface area contributed by atoms with E-state index in [2.05, 4.69) is 5.32 Å². The number of Topliss-reactive ketones (excluding diaryl/α,β-unsaturated/α-hetero) is 1. The van der Waals surface area contributed by atoms with Crippen molar-refractivity contribution in [3.63, 3.8) is 0 Å². The highest BCUT2D eigenvalue weighted by Gasteiger charge is 2.32. The summed E-state index contributed by atoms with van der Waals surface area (Å²) in [7, 11) is 1.31. The average Bonchev–Trinajstić information content (AvgIpc) is 2.89. The van der Waals surface area contributed by atoms with Crippen molar-refractivity contribution in [1.29, 1.82) is 0 Å². The van der Waals surface area contributed by atoms with E-state index in [1.54, 1.807) is 0 Å². The van der Waals surface area contributed by atoms with Gasteiger partial charge in [-0.2, -0.15) is 0 Å². The van der Waals surface area contributed by atoms with Gasteiger partial charge in [0, 0.05) is 13.6 Å². The van der Waals surface area contributed by atoms with E-state index in [1.165, 1.54) is 23.8 Å². The van der Waals surface area contributed by atoms with Crippen molar-refractivity contribution in [3.05, 3.63) is 67.5 Å². The Kier molecular flexibility index (Phi) is 4.12. The second kappa shape index (κ2) is 6.12. The molecule has 8 heteroatoms. The zero-order valence-electron chi connectivity index (χ0n) is 13.6. The van der Waals surface area contributed by atoms with E-state index >= 15 is 0 Å². The van der Waals surface area contributed by atoms with Crippen LogP contribution >= 0.6 is 0 Å². The number of benzene rings is 1. The average molecular weight is 347 g/mol. The molecule has 0 spiro atoms. The predicted octanol–water partition coefficient (Wildman–Crippen LogP) is 1.88. The van der Waals surface area contributed by atoms with E-state index < -0.39 is 28.7 Å². The van der Waals surface area contributed by atoms with Crippen LogP contribution in [0.25, 0.3) is 6.08 Å². The van der Waals surface area contributed by atoms with Crippen molar-refractivity contribution >= 4 is 17.7 Å². The van der Waals surface area contributed by atoms with Gasteiger partial charge in [0.25, 0.3) is 5.56 Å². The maximum absolute atomic E-state index is 13.3. The molecule has 2 aromatic rings. The number of anilines is 1. The Labute approximate surface area is 141 Å². The third kappa shape index (κ3) is 2.69. The highest BCUT2D eigenvalue weighted by molar-refractivity contribution is 6.19. The molecular formula is C17H15F2N3O3. The molecule has 0 fully saturated rings. The molecule has 25 heavy (non-hydrogen) atoms. The molecule has 1 aromatic carbocycles. The molecule has 6 nitrogen and oxygen atoms in total. The Morgan fingerprint density at radius 2 is 1.88 bits per heavy atom. The molecule has 1 aliphatic heterocycles. The Hall–Kier alpha value is -3.03. The summed E-state index contributed by atoms with van der Waals surface area (Å²) in [6.07, 6.45) is 1.94. The van der Waals surface area contributed by atoms with Gasteiger partial charge in [0.15, 0.2) is 11.6 Å².